The maximum absolute atomic E-state index is 12.0. The Bertz CT molecular complexity index is 487. The first-order chi connectivity index (χ1) is 9.56. The molecule has 1 aromatic rings. The van der Waals surface area contributed by atoms with E-state index < -0.39 is 0 Å². The molecule has 20 heavy (non-hydrogen) atoms. The third kappa shape index (κ3) is 4.07. The summed E-state index contributed by atoms with van der Waals surface area (Å²) in [4.78, 5) is 25.8. The molecule has 1 unspecified atom stereocenters. The van der Waals surface area contributed by atoms with Crippen LogP contribution in [0.25, 0.3) is 0 Å². The Morgan fingerprint density at radius 3 is 2.70 bits per heavy atom. The van der Waals surface area contributed by atoms with E-state index in [1.807, 2.05) is 17.0 Å². The molecule has 0 spiro atoms. The number of likely N-dealkylation sites (tertiary alicyclic amines) is 1. The first-order valence-corrected chi connectivity index (χ1v) is 7.67. The molecule has 2 amide bonds. The number of piperidine rings is 1. The van der Waals surface area contributed by atoms with E-state index in [1.54, 1.807) is 12.1 Å². The number of carbonyl (C=O) groups is 2. The number of carbonyl (C=O) groups excluding carboxylic acids is 2. The fourth-order valence-electron chi connectivity index (χ4n) is 2.39. The van der Waals surface area contributed by atoms with Gasteiger partial charge in [0, 0.05) is 23.1 Å². The highest BCUT2D eigenvalue weighted by atomic mass is 79.9. The largest absolute Gasteiger partial charge is 0.343 e. The minimum atomic E-state index is -0.212. The molecule has 0 saturated carbocycles. The lowest BCUT2D eigenvalue weighted by Gasteiger charge is -2.31. The van der Waals surface area contributed by atoms with Crippen molar-refractivity contribution in [3.8, 4) is 0 Å². The van der Waals surface area contributed by atoms with Crippen LogP contribution in [0.15, 0.2) is 28.7 Å². The van der Waals surface area contributed by atoms with Crippen LogP contribution in [0.5, 0.6) is 0 Å². The van der Waals surface area contributed by atoms with Crippen LogP contribution in [-0.4, -0.2) is 36.3 Å². The van der Waals surface area contributed by atoms with Crippen molar-refractivity contribution < 1.29 is 9.59 Å². The smallest absolute Gasteiger partial charge is 0.251 e. The average molecular weight is 339 g/mol. The third-order valence-corrected chi connectivity index (χ3v) is 4.04. The minimum Gasteiger partial charge on any atom is -0.343 e. The van der Waals surface area contributed by atoms with Crippen LogP contribution in [0.3, 0.4) is 0 Å². The van der Waals surface area contributed by atoms with Gasteiger partial charge in [-0.25, -0.2) is 0 Å². The molecule has 2 rings (SSSR count). The van der Waals surface area contributed by atoms with Crippen LogP contribution in [0.4, 0.5) is 0 Å². The molecule has 4 nitrogen and oxygen atoms in total. The van der Waals surface area contributed by atoms with Crippen molar-refractivity contribution in [2.24, 2.45) is 5.92 Å². The van der Waals surface area contributed by atoms with Crippen LogP contribution in [-0.2, 0) is 4.79 Å². The summed E-state index contributed by atoms with van der Waals surface area (Å²) in [7, 11) is 0. The van der Waals surface area contributed by atoms with Crippen LogP contribution >= 0.6 is 15.9 Å². The SMILES string of the molecule is CC1CCCN(C(=O)CNC(=O)c2ccc(Br)cc2)C1. The van der Waals surface area contributed by atoms with E-state index in [4.69, 9.17) is 0 Å². The van der Waals surface area contributed by atoms with E-state index in [9.17, 15) is 9.59 Å². The van der Waals surface area contributed by atoms with Crippen molar-refractivity contribution in [1.29, 1.82) is 0 Å². The third-order valence-electron chi connectivity index (χ3n) is 3.52. The Morgan fingerprint density at radius 2 is 2.05 bits per heavy atom. The highest BCUT2D eigenvalue weighted by Gasteiger charge is 2.21. The summed E-state index contributed by atoms with van der Waals surface area (Å²) < 4.78 is 0.924. The molecule has 0 radical (unpaired) electrons. The molecule has 1 aliphatic heterocycles. The second-order valence-electron chi connectivity index (χ2n) is 5.28. The lowest BCUT2D eigenvalue weighted by Crippen LogP contribution is -2.44. The normalized spacial score (nSPS) is 18.7. The number of hydrogen-bond acceptors (Lipinski definition) is 2. The lowest BCUT2D eigenvalue weighted by atomic mass is 10.0. The number of nitrogens with one attached hydrogen (secondary N) is 1. The van der Waals surface area contributed by atoms with Gasteiger partial charge in [0.1, 0.15) is 0 Å². The average Bonchev–Trinajstić information content (AvgIpc) is 2.45. The van der Waals surface area contributed by atoms with Gasteiger partial charge in [0.25, 0.3) is 5.91 Å². The predicted molar refractivity (Wildman–Crippen MR) is 81.5 cm³/mol. The Balaban J connectivity index is 1.83. The van der Waals surface area contributed by atoms with Gasteiger partial charge in [-0.15, -0.1) is 0 Å². The summed E-state index contributed by atoms with van der Waals surface area (Å²) in [5, 5.41) is 2.68. The van der Waals surface area contributed by atoms with Gasteiger partial charge < -0.3 is 10.2 Å². The molecule has 108 valence electrons. The molecule has 1 aliphatic rings. The first kappa shape index (κ1) is 15.0. The molecule has 1 N–H and O–H groups in total. The Morgan fingerprint density at radius 1 is 1.35 bits per heavy atom. The van der Waals surface area contributed by atoms with Gasteiger partial charge >= 0.3 is 0 Å². The summed E-state index contributed by atoms with van der Waals surface area (Å²) in [6, 6.07) is 7.08. The molecule has 0 aliphatic carbocycles. The van der Waals surface area contributed by atoms with Gasteiger partial charge in [-0.05, 0) is 43.0 Å². The zero-order valence-corrected chi connectivity index (χ0v) is 13.1. The molecular formula is C15H19BrN2O2. The van der Waals surface area contributed by atoms with Crippen molar-refractivity contribution in [2.75, 3.05) is 19.6 Å². The molecule has 1 heterocycles. The maximum atomic E-state index is 12.0. The van der Waals surface area contributed by atoms with Crippen molar-refractivity contribution in [2.45, 2.75) is 19.8 Å². The number of nitrogens with zero attached hydrogens (tertiary/aromatic N) is 1. The number of benzene rings is 1. The zero-order valence-electron chi connectivity index (χ0n) is 11.6. The summed E-state index contributed by atoms with van der Waals surface area (Å²) in [6.45, 7) is 3.83. The molecule has 5 heteroatoms. The van der Waals surface area contributed by atoms with Crippen molar-refractivity contribution in [3.63, 3.8) is 0 Å². The van der Waals surface area contributed by atoms with Gasteiger partial charge in [0.2, 0.25) is 5.91 Å². The van der Waals surface area contributed by atoms with Crippen molar-refractivity contribution in [3.05, 3.63) is 34.3 Å². The van der Waals surface area contributed by atoms with Crippen molar-refractivity contribution >= 4 is 27.7 Å². The van der Waals surface area contributed by atoms with Gasteiger partial charge in [0.15, 0.2) is 0 Å². The molecule has 1 fully saturated rings. The summed E-state index contributed by atoms with van der Waals surface area (Å²) >= 11 is 3.32. The number of rotatable bonds is 3. The first-order valence-electron chi connectivity index (χ1n) is 6.88. The van der Waals surface area contributed by atoms with Gasteiger partial charge in [0.05, 0.1) is 6.54 Å². The van der Waals surface area contributed by atoms with Crippen molar-refractivity contribution in [1.82, 2.24) is 10.2 Å². The topological polar surface area (TPSA) is 49.4 Å². The van der Waals surface area contributed by atoms with E-state index in [-0.39, 0.29) is 18.4 Å². The maximum Gasteiger partial charge on any atom is 0.251 e. The van der Waals surface area contributed by atoms with Crippen LogP contribution in [0.2, 0.25) is 0 Å². The standard InChI is InChI=1S/C15H19BrN2O2/c1-11-3-2-8-18(10-11)14(19)9-17-15(20)12-4-6-13(16)7-5-12/h4-7,11H,2-3,8-10H2,1H3,(H,17,20). The van der Waals surface area contributed by atoms with Gasteiger partial charge in [-0.1, -0.05) is 22.9 Å². The lowest BCUT2D eigenvalue weighted by molar-refractivity contribution is -0.131. The summed E-state index contributed by atoms with van der Waals surface area (Å²) in [6.07, 6.45) is 2.22. The zero-order chi connectivity index (χ0) is 14.5. The number of amides is 2. The molecular weight excluding hydrogens is 320 g/mol. The van der Waals surface area contributed by atoms with Crippen LogP contribution < -0.4 is 5.32 Å². The monoisotopic (exact) mass is 338 g/mol. The second-order valence-corrected chi connectivity index (χ2v) is 6.19. The summed E-state index contributed by atoms with van der Waals surface area (Å²) in [5.41, 5.74) is 0.563. The Labute approximate surface area is 127 Å². The van der Waals surface area contributed by atoms with Gasteiger partial charge in [-0.2, -0.15) is 0 Å². The van der Waals surface area contributed by atoms with Crippen LogP contribution in [0, 0.1) is 5.92 Å². The molecule has 1 aromatic carbocycles. The highest BCUT2D eigenvalue weighted by molar-refractivity contribution is 9.10. The number of hydrogen-bond donors (Lipinski definition) is 1. The fraction of sp³-hybridized carbons (Fsp3) is 0.467. The molecule has 1 atom stereocenters. The van der Waals surface area contributed by atoms with E-state index in [0.29, 0.717) is 11.5 Å². The van der Waals surface area contributed by atoms with Gasteiger partial charge in [-0.3, -0.25) is 9.59 Å². The fourth-order valence-corrected chi connectivity index (χ4v) is 2.65. The predicted octanol–water partition coefficient (Wildman–Crippen LogP) is 2.44. The van der Waals surface area contributed by atoms with E-state index in [0.717, 1.165) is 24.0 Å². The van der Waals surface area contributed by atoms with E-state index in [2.05, 4.69) is 28.2 Å². The molecule has 1 saturated heterocycles. The Kier molecular flexibility index (Phi) is 5.17. The number of halogens is 1. The molecule has 0 bridgehead atoms. The van der Waals surface area contributed by atoms with E-state index in [1.165, 1.54) is 6.42 Å². The van der Waals surface area contributed by atoms with Crippen LogP contribution in [0.1, 0.15) is 30.1 Å². The minimum absolute atomic E-state index is 0.00186. The summed E-state index contributed by atoms with van der Waals surface area (Å²) in [5.74, 6) is 0.341. The Hall–Kier alpha value is -1.36. The van der Waals surface area contributed by atoms with E-state index >= 15 is 0 Å². The highest BCUT2D eigenvalue weighted by Crippen LogP contribution is 2.15. The quantitative estimate of drug-likeness (QED) is 0.920. The second kappa shape index (κ2) is 6.88. The molecule has 0 aromatic heterocycles.